The number of thioether (sulfide) groups is 2. The van der Waals surface area contributed by atoms with Crippen molar-refractivity contribution in [3.8, 4) is 0 Å². The highest BCUT2D eigenvalue weighted by Crippen LogP contribution is 2.29. The van der Waals surface area contributed by atoms with Crippen LogP contribution < -0.4 is 5.32 Å². The normalized spacial score (nSPS) is 26.2. The first-order valence-electron chi connectivity index (χ1n) is 6.20. The van der Waals surface area contributed by atoms with Gasteiger partial charge in [-0.25, -0.2) is 0 Å². The van der Waals surface area contributed by atoms with Crippen LogP contribution in [0.3, 0.4) is 0 Å². The zero-order chi connectivity index (χ0) is 11.1. The van der Waals surface area contributed by atoms with Gasteiger partial charge in [-0.1, -0.05) is 27.2 Å². The Hall–Kier alpha value is 0.660. The van der Waals surface area contributed by atoms with Crippen LogP contribution in [0, 0.1) is 5.92 Å². The molecular weight excluding hydrogens is 222 g/mol. The van der Waals surface area contributed by atoms with Crippen molar-refractivity contribution in [3.05, 3.63) is 0 Å². The lowest BCUT2D eigenvalue weighted by molar-refractivity contribution is 0.398. The minimum Gasteiger partial charge on any atom is -0.313 e. The van der Waals surface area contributed by atoms with Gasteiger partial charge in [-0.3, -0.25) is 0 Å². The van der Waals surface area contributed by atoms with Crippen LogP contribution in [-0.4, -0.2) is 35.1 Å². The monoisotopic (exact) mass is 247 g/mol. The molecule has 0 aromatic rings. The number of hydrogen-bond donors (Lipinski definition) is 1. The fraction of sp³-hybridized carbons (Fsp3) is 1.00. The Bertz CT molecular complexity index is 158. The molecule has 0 aromatic carbocycles. The maximum absolute atomic E-state index is 3.68. The summed E-state index contributed by atoms with van der Waals surface area (Å²) in [7, 11) is 0. The first-order valence-corrected chi connectivity index (χ1v) is 8.41. The van der Waals surface area contributed by atoms with E-state index in [1.54, 1.807) is 0 Å². The Morgan fingerprint density at radius 3 is 2.67 bits per heavy atom. The zero-order valence-electron chi connectivity index (χ0n) is 10.3. The van der Waals surface area contributed by atoms with Gasteiger partial charge in [0.1, 0.15) is 0 Å². The molecule has 3 atom stereocenters. The summed E-state index contributed by atoms with van der Waals surface area (Å²) >= 11 is 4.31. The Labute approximate surface area is 104 Å². The molecule has 0 spiro atoms. The van der Waals surface area contributed by atoms with Crippen LogP contribution in [0.4, 0.5) is 0 Å². The highest BCUT2D eigenvalue weighted by atomic mass is 32.2. The predicted octanol–water partition coefficient (Wildman–Crippen LogP) is 3.25. The van der Waals surface area contributed by atoms with Crippen molar-refractivity contribution in [2.45, 2.75) is 44.9 Å². The third-order valence-corrected chi connectivity index (χ3v) is 6.03. The standard InChI is InChI=1S/C12H25NS2/c1-4-10(3)8-11(13-5-2)12-9-14-6-7-15-12/h10-13H,4-9H2,1-3H3. The van der Waals surface area contributed by atoms with Crippen molar-refractivity contribution in [1.82, 2.24) is 5.32 Å². The van der Waals surface area contributed by atoms with Gasteiger partial charge in [-0.15, -0.1) is 0 Å². The lowest BCUT2D eigenvalue weighted by Gasteiger charge is -2.31. The minimum absolute atomic E-state index is 0.739. The maximum atomic E-state index is 3.68. The first kappa shape index (κ1) is 13.7. The van der Waals surface area contributed by atoms with Crippen LogP contribution in [0.15, 0.2) is 0 Å². The van der Waals surface area contributed by atoms with E-state index in [2.05, 4.69) is 49.6 Å². The Balaban J connectivity index is 2.39. The van der Waals surface area contributed by atoms with Crippen molar-refractivity contribution in [2.75, 3.05) is 23.8 Å². The average molecular weight is 247 g/mol. The van der Waals surface area contributed by atoms with Gasteiger partial charge in [-0.05, 0) is 18.9 Å². The maximum Gasteiger partial charge on any atom is 0.0292 e. The molecule has 3 heteroatoms. The van der Waals surface area contributed by atoms with Crippen molar-refractivity contribution in [3.63, 3.8) is 0 Å². The highest BCUT2D eigenvalue weighted by Gasteiger charge is 2.24. The molecule has 0 saturated carbocycles. The average Bonchev–Trinajstić information content (AvgIpc) is 2.29. The Kier molecular flexibility index (Phi) is 7.19. The predicted molar refractivity (Wildman–Crippen MR) is 75.1 cm³/mol. The van der Waals surface area contributed by atoms with E-state index in [0.29, 0.717) is 0 Å². The Morgan fingerprint density at radius 2 is 2.13 bits per heavy atom. The van der Waals surface area contributed by atoms with E-state index in [9.17, 15) is 0 Å². The lowest BCUT2D eigenvalue weighted by atomic mass is 9.97. The highest BCUT2D eigenvalue weighted by molar-refractivity contribution is 8.06. The van der Waals surface area contributed by atoms with Crippen LogP contribution in [0.2, 0.25) is 0 Å². The van der Waals surface area contributed by atoms with Gasteiger partial charge in [0.2, 0.25) is 0 Å². The third-order valence-electron chi connectivity index (χ3n) is 3.11. The van der Waals surface area contributed by atoms with Crippen LogP contribution in [0.1, 0.15) is 33.6 Å². The summed E-state index contributed by atoms with van der Waals surface area (Å²) in [5.74, 6) is 4.90. The fourth-order valence-corrected chi connectivity index (χ4v) is 4.87. The number of rotatable bonds is 6. The second-order valence-electron chi connectivity index (χ2n) is 4.40. The Morgan fingerprint density at radius 1 is 1.33 bits per heavy atom. The molecule has 0 amide bonds. The number of nitrogens with one attached hydrogen (secondary N) is 1. The summed E-state index contributed by atoms with van der Waals surface area (Å²) < 4.78 is 0. The molecule has 1 aliphatic rings. The quantitative estimate of drug-likeness (QED) is 0.774. The van der Waals surface area contributed by atoms with E-state index in [-0.39, 0.29) is 0 Å². The smallest absolute Gasteiger partial charge is 0.0292 e. The lowest BCUT2D eigenvalue weighted by Crippen LogP contribution is -2.42. The van der Waals surface area contributed by atoms with Gasteiger partial charge in [0, 0.05) is 28.6 Å². The molecule has 1 heterocycles. The summed E-state index contributed by atoms with van der Waals surface area (Å²) in [6.45, 7) is 8.02. The van der Waals surface area contributed by atoms with E-state index in [0.717, 1.165) is 23.8 Å². The molecule has 0 aliphatic carbocycles. The van der Waals surface area contributed by atoms with Crippen molar-refractivity contribution in [2.24, 2.45) is 5.92 Å². The van der Waals surface area contributed by atoms with Crippen molar-refractivity contribution in [1.29, 1.82) is 0 Å². The molecule has 1 saturated heterocycles. The van der Waals surface area contributed by atoms with Gasteiger partial charge in [0.15, 0.2) is 0 Å². The van der Waals surface area contributed by atoms with Gasteiger partial charge >= 0.3 is 0 Å². The first-order chi connectivity index (χ1) is 7.27. The molecular formula is C12H25NS2. The molecule has 90 valence electrons. The molecule has 1 N–H and O–H groups in total. The summed E-state index contributed by atoms with van der Waals surface area (Å²) in [5, 5.41) is 4.53. The summed E-state index contributed by atoms with van der Waals surface area (Å²) in [6.07, 6.45) is 2.66. The summed E-state index contributed by atoms with van der Waals surface area (Å²) in [6, 6.07) is 0.739. The molecule has 1 rings (SSSR count). The van der Waals surface area contributed by atoms with E-state index in [1.807, 2.05) is 0 Å². The van der Waals surface area contributed by atoms with Gasteiger partial charge in [0.05, 0.1) is 0 Å². The minimum atomic E-state index is 0.739. The molecule has 0 radical (unpaired) electrons. The third kappa shape index (κ3) is 5.01. The van der Waals surface area contributed by atoms with Gasteiger partial charge < -0.3 is 5.32 Å². The second kappa shape index (κ2) is 7.86. The van der Waals surface area contributed by atoms with Crippen molar-refractivity contribution < 1.29 is 0 Å². The molecule has 1 nitrogen and oxygen atoms in total. The van der Waals surface area contributed by atoms with E-state index in [4.69, 9.17) is 0 Å². The summed E-state index contributed by atoms with van der Waals surface area (Å²) in [4.78, 5) is 0. The summed E-state index contributed by atoms with van der Waals surface area (Å²) in [5.41, 5.74) is 0. The zero-order valence-corrected chi connectivity index (χ0v) is 11.9. The van der Waals surface area contributed by atoms with Gasteiger partial charge in [0.25, 0.3) is 0 Å². The SMILES string of the molecule is CCNC(CC(C)CC)C1CSCCS1. The van der Waals surface area contributed by atoms with Crippen LogP contribution in [0.5, 0.6) is 0 Å². The van der Waals surface area contributed by atoms with Crippen LogP contribution >= 0.6 is 23.5 Å². The van der Waals surface area contributed by atoms with E-state index in [1.165, 1.54) is 30.1 Å². The molecule has 15 heavy (non-hydrogen) atoms. The topological polar surface area (TPSA) is 12.0 Å². The molecule has 0 aromatic heterocycles. The molecule has 1 fully saturated rings. The van der Waals surface area contributed by atoms with Gasteiger partial charge in [-0.2, -0.15) is 23.5 Å². The largest absolute Gasteiger partial charge is 0.313 e. The van der Waals surface area contributed by atoms with Crippen LogP contribution in [0.25, 0.3) is 0 Å². The molecule has 1 aliphatic heterocycles. The second-order valence-corrected chi connectivity index (χ2v) is 6.89. The number of hydrogen-bond acceptors (Lipinski definition) is 3. The van der Waals surface area contributed by atoms with Crippen molar-refractivity contribution >= 4 is 23.5 Å². The molecule has 0 bridgehead atoms. The van der Waals surface area contributed by atoms with Crippen LogP contribution in [-0.2, 0) is 0 Å². The fourth-order valence-electron chi connectivity index (χ4n) is 1.97. The van der Waals surface area contributed by atoms with E-state index >= 15 is 0 Å². The van der Waals surface area contributed by atoms with E-state index < -0.39 is 0 Å². The molecule has 3 unspecified atom stereocenters.